The summed E-state index contributed by atoms with van der Waals surface area (Å²) in [5, 5.41) is 2.92. The molecule has 1 atom stereocenters. The van der Waals surface area contributed by atoms with Gasteiger partial charge in [-0.1, -0.05) is 36.4 Å². The summed E-state index contributed by atoms with van der Waals surface area (Å²) < 4.78 is 6.21. The summed E-state index contributed by atoms with van der Waals surface area (Å²) in [6, 6.07) is 14.7. The number of nitrogens with zero attached hydrogens (tertiary/aromatic N) is 3. The highest BCUT2D eigenvalue weighted by Crippen LogP contribution is 2.16. The van der Waals surface area contributed by atoms with Crippen LogP contribution in [0.4, 0.5) is 4.79 Å². The van der Waals surface area contributed by atoms with E-state index in [4.69, 9.17) is 4.74 Å². The summed E-state index contributed by atoms with van der Waals surface area (Å²) in [6.45, 7) is 8.75. The number of hydrogen-bond donors (Lipinski definition) is 2. The van der Waals surface area contributed by atoms with E-state index >= 15 is 0 Å². The Balaban J connectivity index is 1.37. The fourth-order valence-corrected chi connectivity index (χ4v) is 4.43. The van der Waals surface area contributed by atoms with Crippen LogP contribution in [0.5, 0.6) is 0 Å². The summed E-state index contributed by atoms with van der Waals surface area (Å²) in [5.74, 6) is -0.172. The molecule has 0 spiro atoms. The van der Waals surface area contributed by atoms with Crippen LogP contribution in [0.25, 0.3) is 11.0 Å². The number of hydrogen-bond acceptors (Lipinski definition) is 6. The number of carbonyl (C=O) groups is 2. The van der Waals surface area contributed by atoms with Gasteiger partial charge in [-0.25, -0.2) is 14.2 Å². The SMILES string of the molecule is CCOC(=O)CN1CCN(CCc2ccc3[nH]c(=O)n(C(=O)NC(C)c4ccccc4)c3c2)CC1. The molecule has 1 aliphatic rings. The number of fused-ring (bicyclic) bond motifs is 1. The van der Waals surface area contributed by atoms with Crippen LogP contribution >= 0.6 is 0 Å². The van der Waals surface area contributed by atoms with Crippen LogP contribution < -0.4 is 11.0 Å². The second kappa shape index (κ2) is 11.3. The lowest BCUT2D eigenvalue weighted by atomic mass is 10.1. The summed E-state index contributed by atoms with van der Waals surface area (Å²) in [5.41, 5.74) is 2.78. The third-order valence-electron chi connectivity index (χ3n) is 6.43. The Labute approximate surface area is 204 Å². The van der Waals surface area contributed by atoms with Crippen molar-refractivity contribution in [2.75, 3.05) is 45.9 Å². The summed E-state index contributed by atoms with van der Waals surface area (Å²) in [7, 11) is 0. The highest BCUT2D eigenvalue weighted by molar-refractivity contribution is 5.89. The molecule has 2 aromatic carbocycles. The van der Waals surface area contributed by atoms with Crippen molar-refractivity contribution in [3.8, 4) is 0 Å². The summed E-state index contributed by atoms with van der Waals surface area (Å²) in [6.07, 6.45) is 0.801. The lowest BCUT2D eigenvalue weighted by Gasteiger charge is -2.34. The van der Waals surface area contributed by atoms with Gasteiger partial charge < -0.3 is 19.9 Å². The third kappa shape index (κ3) is 6.17. The first-order chi connectivity index (χ1) is 16.9. The number of H-pyrrole nitrogens is 1. The number of aromatic nitrogens is 2. The quantitative estimate of drug-likeness (QED) is 0.481. The van der Waals surface area contributed by atoms with Crippen molar-refractivity contribution >= 4 is 23.0 Å². The first-order valence-electron chi connectivity index (χ1n) is 12.1. The Kier molecular flexibility index (Phi) is 7.99. The molecule has 186 valence electrons. The van der Waals surface area contributed by atoms with E-state index in [-0.39, 0.29) is 12.0 Å². The van der Waals surface area contributed by atoms with E-state index in [1.54, 1.807) is 0 Å². The van der Waals surface area contributed by atoms with Gasteiger partial charge in [0.1, 0.15) is 0 Å². The zero-order valence-electron chi connectivity index (χ0n) is 20.3. The van der Waals surface area contributed by atoms with E-state index in [2.05, 4.69) is 20.1 Å². The maximum atomic E-state index is 13.0. The van der Waals surface area contributed by atoms with Gasteiger partial charge in [0.15, 0.2) is 0 Å². The molecule has 1 unspecified atom stereocenters. The molecule has 35 heavy (non-hydrogen) atoms. The molecule has 4 rings (SSSR count). The van der Waals surface area contributed by atoms with Crippen molar-refractivity contribution in [1.82, 2.24) is 24.7 Å². The predicted molar refractivity (Wildman–Crippen MR) is 135 cm³/mol. The first-order valence-corrected chi connectivity index (χ1v) is 12.1. The van der Waals surface area contributed by atoms with E-state index < -0.39 is 11.7 Å². The molecule has 1 aliphatic heterocycles. The minimum absolute atomic E-state index is 0.172. The van der Waals surface area contributed by atoms with Crippen LogP contribution in [0, 0.1) is 0 Å². The highest BCUT2D eigenvalue weighted by atomic mass is 16.5. The molecule has 0 bridgehead atoms. The molecule has 2 N–H and O–H groups in total. The lowest BCUT2D eigenvalue weighted by molar-refractivity contribution is -0.144. The lowest BCUT2D eigenvalue weighted by Crippen LogP contribution is -2.48. The van der Waals surface area contributed by atoms with Gasteiger partial charge in [0.25, 0.3) is 0 Å². The topological polar surface area (TPSA) is 99.7 Å². The Morgan fingerprint density at radius 2 is 1.77 bits per heavy atom. The van der Waals surface area contributed by atoms with Crippen molar-refractivity contribution < 1.29 is 14.3 Å². The van der Waals surface area contributed by atoms with E-state index in [9.17, 15) is 14.4 Å². The van der Waals surface area contributed by atoms with Crippen LogP contribution in [0.1, 0.15) is 31.0 Å². The number of nitrogens with one attached hydrogen (secondary N) is 2. The first kappa shape index (κ1) is 24.7. The van der Waals surface area contributed by atoms with Crippen molar-refractivity contribution in [2.45, 2.75) is 26.3 Å². The number of rotatable bonds is 8. The highest BCUT2D eigenvalue weighted by Gasteiger charge is 2.20. The number of piperazine rings is 1. The van der Waals surface area contributed by atoms with Crippen molar-refractivity contribution in [1.29, 1.82) is 0 Å². The van der Waals surface area contributed by atoms with Crippen molar-refractivity contribution in [3.63, 3.8) is 0 Å². The predicted octanol–water partition coefficient (Wildman–Crippen LogP) is 2.37. The van der Waals surface area contributed by atoms with Gasteiger partial charge in [-0.15, -0.1) is 0 Å². The average molecular weight is 480 g/mol. The minimum Gasteiger partial charge on any atom is -0.465 e. The van der Waals surface area contributed by atoms with E-state index in [0.717, 1.165) is 50.3 Å². The largest absolute Gasteiger partial charge is 0.465 e. The molecular weight excluding hydrogens is 446 g/mol. The van der Waals surface area contributed by atoms with Crippen LogP contribution in [-0.4, -0.2) is 77.2 Å². The van der Waals surface area contributed by atoms with Gasteiger partial charge in [0.05, 0.1) is 30.2 Å². The minimum atomic E-state index is -0.451. The summed E-state index contributed by atoms with van der Waals surface area (Å²) in [4.78, 5) is 44.5. The molecule has 1 amide bonds. The van der Waals surface area contributed by atoms with E-state index in [0.29, 0.717) is 24.2 Å². The normalized spacial score (nSPS) is 15.7. The van der Waals surface area contributed by atoms with E-state index in [1.165, 1.54) is 4.57 Å². The zero-order chi connectivity index (χ0) is 24.8. The Hall–Kier alpha value is -3.43. The smallest absolute Gasteiger partial charge is 0.334 e. The van der Waals surface area contributed by atoms with E-state index in [1.807, 2.05) is 62.4 Å². The van der Waals surface area contributed by atoms with Gasteiger partial charge in [-0.3, -0.25) is 9.69 Å². The molecule has 1 saturated heterocycles. The monoisotopic (exact) mass is 479 g/mol. The standard InChI is InChI=1S/C26H33N5O4/c1-3-35-24(32)18-30-15-13-29(14-16-30)12-11-20-9-10-22-23(17-20)31(26(34)28-22)25(33)27-19(2)21-7-5-4-6-8-21/h4-10,17,19H,3,11-16,18H2,1-2H3,(H,27,33)(H,28,34). The van der Waals surface area contributed by atoms with Crippen LogP contribution in [0.15, 0.2) is 53.3 Å². The van der Waals surface area contributed by atoms with Crippen molar-refractivity contribution in [2.24, 2.45) is 0 Å². The molecule has 9 nitrogen and oxygen atoms in total. The van der Waals surface area contributed by atoms with Gasteiger partial charge in [0.2, 0.25) is 0 Å². The van der Waals surface area contributed by atoms with Crippen LogP contribution in [0.2, 0.25) is 0 Å². The third-order valence-corrected chi connectivity index (χ3v) is 6.43. The van der Waals surface area contributed by atoms with Gasteiger partial charge in [-0.05, 0) is 43.5 Å². The fourth-order valence-electron chi connectivity index (χ4n) is 4.43. The molecule has 1 aromatic heterocycles. The van der Waals surface area contributed by atoms with Gasteiger partial charge >= 0.3 is 17.7 Å². The molecule has 2 heterocycles. The molecule has 0 saturated carbocycles. The molecular formula is C26H33N5O4. The Morgan fingerprint density at radius 3 is 2.49 bits per heavy atom. The van der Waals surface area contributed by atoms with Crippen LogP contribution in [-0.2, 0) is 16.0 Å². The number of imidazole rings is 1. The number of esters is 1. The number of benzene rings is 2. The second-order valence-corrected chi connectivity index (χ2v) is 8.87. The van der Waals surface area contributed by atoms with Gasteiger partial charge in [0, 0.05) is 32.7 Å². The number of amides is 1. The Bertz CT molecular complexity index is 1210. The average Bonchev–Trinajstić information content (AvgIpc) is 3.19. The van der Waals surface area contributed by atoms with Gasteiger partial charge in [-0.2, -0.15) is 0 Å². The molecule has 1 fully saturated rings. The maximum Gasteiger partial charge on any atom is 0.334 e. The zero-order valence-corrected chi connectivity index (χ0v) is 20.3. The number of ether oxygens (including phenoxy) is 1. The van der Waals surface area contributed by atoms with Crippen molar-refractivity contribution in [3.05, 3.63) is 70.1 Å². The Morgan fingerprint density at radius 1 is 1.06 bits per heavy atom. The molecule has 3 aromatic rings. The second-order valence-electron chi connectivity index (χ2n) is 8.87. The molecule has 0 aliphatic carbocycles. The molecule has 9 heteroatoms. The number of carbonyl (C=O) groups excluding carboxylic acids is 2. The molecule has 0 radical (unpaired) electrons. The number of aromatic amines is 1. The maximum absolute atomic E-state index is 13.0. The fraction of sp³-hybridized carbons (Fsp3) is 0.423. The van der Waals surface area contributed by atoms with Crippen LogP contribution in [0.3, 0.4) is 0 Å². The summed E-state index contributed by atoms with van der Waals surface area (Å²) >= 11 is 0.